The normalized spacial score (nSPS) is 14.3. The average molecular weight is 288 g/mol. The first kappa shape index (κ1) is 15.4. The minimum atomic E-state index is -0.581. The van der Waals surface area contributed by atoms with Gasteiger partial charge < -0.3 is 11.1 Å². The number of rotatable bonds is 9. The van der Waals surface area contributed by atoms with E-state index < -0.39 is 5.54 Å². The minimum Gasteiger partial charge on any atom is -0.368 e. The highest BCUT2D eigenvalue weighted by atomic mass is 32.2. The molecule has 5 nitrogen and oxygen atoms in total. The molecular weight excluding hydrogens is 268 g/mol. The quantitative estimate of drug-likeness (QED) is 0.533. The molecule has 0 aliphatic rings. The number of hydrogen-bond donors (Lipinski definition) is 2. The number of aromatic nitrogens is 2. The van der Waals surface area contributed by atoms with Gasteiger partial charge in [0.15, 0.2) is 4.34 Å². The first-order chi connectivity index (χ1) is 8.58. The third-order valence-corrected chi connectivity index (χ3v) is 4.63. The minimum absolute atomic E-state index is 0.277. The highest BCUT2D eigenvalue weighted by molar-refractivity contribution is 8.00. The first-order valence-corrected chi connectivity index (χ1v) is 7.79. The summed E-state index contributed by atoms with van der Waals surface area (Å²) in [5.74, 6) is 0.719. The van der Waals surface area contributed by atoms with E-state index in [4.69, 9.17) is 5.73 Å². The smallest absolute Gasteiger partial charge is 0.237 e. The van der Waals surface area contributed by atoms with Crippen molar-refractivity contribution in [2.75, 3.05) is 12.3 Å². The van der Waals surface area contributed by atoms with Crippen molar-refractivity contribution < 1.29 is 4.79 Å². The Morgan fingerprint density at radius 1 is 1.61 bits per heavy atom. The van der Waals surface area contributed by atoms with Crippen molar-refractivity contribution in [3.63, 3.8) is 0 Å². The predicted molar refractivity (Wildman–Crippen MR) is 75.8 cm³/mol. The molecule has 1 amide bonds. The molecule has 1 atom stereocenters. The Morgan fingerprint density at radius 2 is 2.39 bits per heavy atom. The number of nitrogens with one attached hydrogen (secondary N) is 1. The number of carbonyl (C=O) groups excluding carboxylic acids is 1. The molecule has 0 aliphatic carbocycles. The molecule has 1 aromatic rings. The van der Waals surface area contributed by atoms with Crippen LogP contribution < -0.4 is 11.1 Å². The van der Waals surface area contributed by atoms with Gasteiger partial charge >= 0.3 is 0 Å². The zero-order valence-corrected chi connectivity index (χ0v) is 12.4. The first-order valence-electron chi connectivity index (χ1n) is 6.03. The third kappa shape index (κ3) is 4.91. The molecule has 0 aliphatic heterocycles. The summed E-state index contributed by atoms with van der Waals surface area (Å²) in [6.45, 7) is 4.60. The monoisotopic (exact) mass is 288 g/mol. The lowest BCUT2D eigenvalue weighted by molar-refractivity contribution is -0.124. The molecule has 0 saturated carbocycles. The number of hydrogen-bond acceptors (Lipinski definition) is 6. The van der Waals surface area contributed by atoms with Gasteiger partial charge in [-0.05, 0) is 37.8 Å². The lowest BCUT2D eigenvalue weighted by Gasteiger charge is -2.26. The zero-order chi connectivity index (χ0) is 13.4. The van der Waals surface area contributed by atoms with Crippen LogP contribution in [-0.2, 0) is 4.79 Å². The average Bonchev–Trinajstić information content (AvgIpc) is 2.81. The maximum absolute atomic E-state index is 11.4. The number of nitrogens with zero attached hydrogens (tertiary/aromatic N) is 2. The van der Waals surface area contributed by atoms with Crippen molar-refractivity contribution in [1.82, 2.24) is 14.7 Å². The van der Waals surface area contributed by atoms with Gasteiger partial charge in [-0.1, -0.05) is 25.1 Å². The van der Waals surface area contributed by atoms with Gasteiger partial charge in [-0.25, -0.2) is 4.98 Å². The van der Waals surface area contributed by atoms with Crippen LogP contribution >= 0.6 is 23.3 Å². The molecule has 0 spiro atoms. The van der Waals surface area contributed by atoms with Crippen LogP contribution in [0, 0.1) is 0 Å². The number of likely N-dealkylation sites (N-methyl/N-ethyl adjacent to an activating group) is 1. The molecule has 102 valence electrons. The highest BCUT2D eigenvalue weighted by Crippen LogP contribution is 2.21. The maximum Gasteiger partial charge on any atom is 0.237 e. The van der Waals surface area contributed by atoms with Crippen LogP contribution in [0.4, 0.5) is 0 Å². The van der Waals surface area contributed by atoms with Gasteiger partial charge in [0.05, 0.1) is 5.54 Å². The number of nitrogens with two attached hydrogens (primary N) is 1. The molecular formula is C11H20N4OS2. The molecule has 1 heterocycles. The van der Waals surface area contributed by atoms with E-state index in [0.29, 0.717) is 0 Å². The van der Waals surface area contributed by atoms with Crippen molar-refractivity contribution in [2.45, 2.75) is 43.0 Å². The van der Waals surface area contributed by atoms with E-state index in [1.807, 2.05) is 13.8 Å². The lowest BCUT2D eigenvalue weighted by Crippen LogP contribution is -2.52. The highest BCUT2D eigenvalue weighted by Gasteiger charge is 2.28. The molecule has 0 saturated heterocycles. The fourth-order valence-corrected chi connectivity index (χ4v) is 3.17. The second-order valence-electron chi connectivity index (χ2n) is 4.24. The van der Waals surface area contributed by atoms with Crippen LogP contribution in [-0.4, -0.2) is 33.1 Å². The molecule has 0 bridgehead atoms. The molecule has 3 N–H and O–H groups in total. The Hall–Kier alpha value is -0.660. The van der Waals surface area contributed by atoms with E-state index in [1.54, 1.807) is 18.1 Å². The Labute approximate surface area is 116 Å². The van der Waals surface area contributed by atoms with Crippen LogP contribution in [0.2, 0.25) is 0 Å². The van der Waals surface area contributed by atoms with E-state index >= 15 is 0 Å². The van der Waals surface area contributed by atoms with Crippen molar-refractivity contribution in [3.05, 3.63) is 6.33 Å². The third-order valence-electron chi connectivity index (χ3n) is 2.75. The van der Waals surface area contributed by atoms with E-state index in [9.17, 15) is 4.79 Å². The molecule has 7 heteroatoms. The Morgan fingerprint density at radius 3 is 2.94 bits per heavy atom. The lowest BCUT2D eigenvalue weighted by atomic mass is 9.94. The van der Waals surface area contributed by atoms with Gasteiger partial charge in [0.2, 0.25) is 5.91 Å². The molecule has 18 heavy (non-hydrogen) atoms. The van der Waals surface area contributed by atoms with Crippen molar-refractivity contribution >= 4 is 29.2 Å². The second-order valence-corrected chi connectivity index (χ2v) is 6.36. The predicted octanol–water partition coefficient (Wildman–Crippen LogP) is 1.65. The summed E-state index contributed by atoms with van der Waals surface area (Å²) in [6.07, 6.45) is 4.35. The van der Waals surface area contributed by atoms with Crippen LogP contribution in [0.25, 0.3) is 0 Å². The van der Waals surface area contributed by atoms with E-state index in [2.05, 4.69) is 14.7 Å². The number of thioether (sulfide) groups is 1. The van der Waals surface area contributed by atoms with Crippen LogP contribution in [0.5, 0.6) is 0 Å². The van der Waals surface area contributed by atoms with Gasteiger partial charge in [0, 0.05) is 5.75 Å². The second kappa shape index (κ2) is 7.70. The Kier molecular flexibility index (Phi) is 6.59. The molecule has 0 radical (unpaired) electrons. The Balaban J connectivity index is 2.21. The topological polar surface area (TPSA) is 80.9 Å². The number of unbranched alkanes of at least 4 members (excludes halogenated alkanes) is 1. The molecule has 1 aromatic heterocycles. The zero-order valence-electron chi connectivity index (χ0n) is 10.8. The molecule has 1 rings (SSSR count). The molecule has 0 fully saturated rings. The number of carbonyl (C=O) groups is 1. The van der Waals surface area contributed by atoms with E-state index in [-0.39, 0.29) is 5.91 Å². The van der Waals surface area contributed by atoms with E-state index in [1.165, 1.54) is 11.5 Å². The van der Waals surface area contributed by atoms with Gasteiger partial charge in [-0.2, -0.15) is 4.37 Å². The van der Waals surface area contributed by atoms with Crippen molar-refractivity contribution in [3.8, 4) is 0 Å². The summed E-state index contributed by atoms with van der Waals surface area (Å²) < 4.78 is 4.95. The van der Waals surface area contributed by atoms with Crippen LogP contribution in [0.3, 0.4) is 0 Å². The summed E-state index contributed by atoms with van der Waals surface area (Å²) in [4.78, 5) is 15.5. The number of amides is 1. The standard InChI is InChI=1S/C11H20N4OS2/c1-3-14-11(2,9(12)16)6-4-5-7-17-10-13-8-15-18-10/h8,14H,3-7H2,1-2H3,(H2,12,16). The Bertz CT molecular complexity index is 358. The summed E-state index contributed by atoms with van der Waals surface area (Å²) in [5.41, 5.74) is 4.84. The SMILES string of the molecule is CCNC(C)(CCCCSc1ncns1)C(N)=O. The summed E-state index contributed by atoms with van der Waals surface area (Å²) in [7, 11) is 0. The number of primary amides is 1. The molecule has 0 aromatic carbocycles. The van der Waals surface area contributed by atoms with Gasteiger partial charge in [-0.3, -0.25) is 4.79 Å². The summed E-state index contributed by atoms with van der Waals surface area (Å²) in [6, 6.07) is 0. The maximum atomic E-state index is 11.4. The molecule has 1 unspecified atom stereocenters. The van der Waals surface area contributed by atoms with Gasteiger partial charge in [-0.15, -0.1) is 0 Å². The van der Waals surface area contributed by atoms with Crippen molar-refractivity contribution in [2.24, 2.45) is 5.73 Å². The van der Waals surface area contributed by atoms with E-state index in [0.717, 1.165) is 35.9 Å². The summed E-state index contributed by atoms with van der Waals surface area (Å²) in [5, 5.41) is 3.16. The fourth-order valence-electron chi connectivity index (χ4n) is 1.66. The largest absolute Gasteiger partial charge is 0.368 e. The van der Waals surface area contributed by atoms with Crippen LogP contribution in [0.1, 0.15) is 33.1 Å². The van der Waals surface area contributed by atoms with Crippen molar-refractivity contribution in [1.29, 1.82) is 0 Å². The fraction of sp³-hybridized carbons (Fsp3) is 0.727. The van der Waals surface area contributed by atoms with Gasteiger partial charge in [0.25, 0.3) is 0 Å². The summed E-state index contributed by atoms with van der Waals surface area (Å²) >= 11 is 3.12. The van der Waals surface area contributed by atoms with Crippen LogP contribution in [0.15, 0.2) is 10.7 Å². The van der Waals surface area contributed by atoms with Gasteiger partial charge in [0.1, 0.15) is 6.33 Å².